The summed E-state index contributed by atoms with van der Waals surface area (Å²) >= 11 is 5.95. The first kappa shape index (κ1) is 19.4. The average molecular weight is 410 g/mol. The van der Waals surface area contributed by atoms with Crippen molar-refractivity contribution in [2.24, 2.45) is 0 Å². The highest BCUT2D eigenvalue weighted by molar-refractivity contribution is 6.30. The second-order valence-corrected chi connectivity index (χ2v) is 7.83. The molecule has 3 atom stereocenters. The number of aromatic nitrogens is 1. The third kappa shape index (κ3) is 3.79. The summed E-state index contributed by atoms with van der Waals surface area (Å²) in [6, 6.07) is 10.7. The maximum atomic E-state index is 13.2. The molecule has 0 aliphatic carbocycles. The van der Waals surface area contributed by atoms with E-state index in [1.165, 1.54) is 12.1 Å². The lowest BCUT2D eigenvalue weighted by molar-refractivity contribution is -0.0502. The van der Waals surface area contributed by atoms with Crippen molar-refractivity contribution < 1.29 is 18.3 Å². The number of amides is 1. The van der Waals surface area contributed by atoms with Gasteiger partial charge in [0.25, 0.3) is 5.91 Å². The number of benzene rings is 1. The van der Waals surface area contributed by atoms with E-state index in [2.05, 4.69) is 10.2 Å². The minimum atomic E-state index is -2.74. The fourth-order valence-corrected chi connectivity index (χ4v) is 4.24. The lowest BCUT2D eigenvalue weighted by atomic mass is 10.1. The molecule has 1 N–H and O–H groups in total. The van der Waals surface area contributed by atoms with Gasteiger partial charge >= 0.3 is 6.55 Å². The van der Waals surface area contributed by atoms with Crippen molar-refractivity contribution in [2.75, 3.05) is 19.7 Å². The van der Waals surface area contributed by atoms with Crippen LogP contribution in [0.2, 0.25) is 5.02 Å². The van der Waals surface area contributed by atoms with Gasteiger partial charge in [0.2, 0.25) is 0 Å². The van der Waals surface area contributed by atoms with E-state index in [1.54, 1.807) is 6.92 Å². The molecule has 3 heterocycles. The molecule has 2 fully saturated rings. The van der Waals surface area contributed by atoms with Gasteiger partial charge in [0.15, 0.2) is 0 Å². The quantitative estimate of drug-likeness (QED) is 0.835. The largest absolute Gasteiger partial charge is 0.371 e. The van der Waals surface area contributed by atoms with Crippen LogP contribution in [-0.2, 0) is 4.74 Å². The molecule has 8 heteroatoms. The Bertz CT molecular complexity index is 856. The van der Waals surface area contributed by atoms with E-state index in [-0.39, 0.29) is 23.9 Å². The van der Waals surface area contributed by atoms with Crippen molar-refractivity contribution in [1.82, 2.24) is 14.8 Å². The van der Waals surface area contributed by atoms with Crippen molar-refractivity contribution in [3.05, 3.63) is 58.4 Å². The van der Waals surface area contributed by atoms with Gasteiger partial charge in [-0.15, -0.1) is 0 Å². The van der Waals surface area contributed by atoms with Gasteiger partial charge in [-0.25, -0.2) is 0 Å². The zero-order valence-corrected chi connectivity index (χ0v) is 16.2. The van der Waals surface area contributed by atoms with Crippen molar-refractivity contribution >= 4 is 17.5 Å². The van der Waals surface area contributed by atoms with E-state index in [0.717, 1.165) is 23.1 Å². The topological polar surface area (TPSA) is 46.5 Å². The van der Waals surface area contributed by atoms with Crippen LogP contribution < -0.4 is 5.32 Å². The third-order valence-electron chi connectivity index (χ3n) is 5.54. The van der Waals surface area contributed by atoms with Gasteiger partial charge in [0.05, 0.1) is 12.7 Å². The number of rotatable bonds is 4. The Labute approximate surface area is 167 Å². The highest BCUT2D eigenvalue weighted by Gasteiger charge is 2.38. The molecule has 0 bridgehead atoms. The zero-order chi connectivity index (χ0) is 19.8. The predicted molar refractivity (Wildman–Crippen MR) is 102 cm³/mol. The number of carbonyl (C=O) groups is 1. The molecule has 0 saturated carbocycles. The number of nitrogens with zero attached hydrogens (tertiary/aromatic N) is 2. The van der Waals surface area contributed by atoms with E-state index in [0.29, 0.717) is 23.9 Å². The minimum absolute atomic E-state index is 0.00679. The lowest BCUT2D eigenvalue weighted by Gasteiger charge is -2.35. The number of fused-ring (bicyclic) bond motifs is 1. The van der Waals surface area contributed by atoms with Crippen LogP contribution in [0.3, 0.4) is 0 Å². The number of hydrogen-bond donors (Lipinski definition) is 1. The maximum Gasteiger partial charge on any atom is 0.319 e. The molecule has 150 valence electrons. The van der Waals surface area contributed by atoms with Crippen LogP contribution in [0.5, 0.6) is 0 Å². The van der Waals surface area contributed by atoms with Crippen molar-refractivity contribution in [2.45, 2.75) is 38.1 Å². The Morgan fingerprint density at radius 3 is 2.68 bits per heavy atom. The number of morpholine rings is 1. The van der Waals surface area contributed by atoms with Crippen molar-refractivity contribution in [3.8, 4) is 0 Å². The summed E-state index contributed by atoms with van der Waals surface area (Å²) in [6.45, 7) is 0.807. The molecule has 2 saturated heterocycles. The summed E-state index contributed by atoms with van der Waals surface area (Å²) in [6.07, 6.45) is 0.703. The summed E-state index contributed by atoms with van der Waals surface area (Å²) < 4.78 is 33.2. The molecule has 4 rings (SSSR count). The van der Waals surface area contributed by atoms with Gasteiger partial charge in [-0.3, -0.25) is 14.3 Å². The van der Waals surface area contributed by atoms with Crippen LogP contribution in [-0.4, -0.2) is 47.2 Å². The average Bonchev–Trinajstić information content (AvgIpc) is 3.24. The second kappa shape index (κ2) is 7.81. The molecule has 2 aromatic rings. The molecular weight excluding hydrogens is 388 g/mol. The number of ether oxygens (including phenoxy) is 1. The van der Waals surface area contributed by atoms with Crippen LogP contribution >= 0.6 is 11.6 Å². The standard InChI is InChI=1S/C20H22ClF2N3O2/c1-12-2-7-17(26(12)20(22)23)19(27)24-15-8-16-11-28-18(10-25(16)9-15)13-3-5-14(21)6-4-13/h2-7,15-16,18,20H,8-11H2,1H3,(H,24,27)/t15-,16+,18-/m1/s1. The van der Waals surface area contributed by atoms with E-state index in [4.69, 9.17) is 16.3 Å². The first-order chi connectivity index (χ1) is 13.4. The summed E-state index contributed by atoms with van der Waals surface area (Å²) in [7, 11) is 0. The Balaban J connectivity index is 1.39. The van der Waals surface area contributed by atoms with Gasteiger partial charge in [0.1, 0.15) is 5.69 Å². The molecule has 0 radical (unpaired) electrons. The van der Waals surface area contributed by atoms with Gasteiger partial charge in [-0.1, -0.05) is 23.7 Å². The highest BCUT2D eigenvalue weighted by Crippen LogP contribution is 2.31. The fourth-order valence-electron chi connectivity index (χ4n) is 4.11. The van der Waals surface area contributed by atoms with Gasteiger partial charge in [-0.2, -0.15) is 8.78 Å². The van der Waals surface area contributed by atoms with Crippen LogP contribution in [0.15, 0.2) is 36.4 Å². The maximum absolute atomic E-state index is 13.2. The van der Waals surface area contributed by atoms with Gasteiger partial charge in [-0.05, 0) is 43.2 Å². The monoisotopic (exact) mass is 409 g/mol. The fraction of sp³-hybridized carbons (Fsp3) is 0.450. The summed E-state index contributed by atoms with van der Waals surface area (Å²) in [5.74, 6) is -0.464. The number of aryl methyl sites for hydroxylation is 1. The van der Waals surface area contributed by atoms with Crippen LogP contribution in [0, 0.1) is 6.92 Å². The predicted octanol–water partition coefficient (Wildman–Crippen LogP) is 3.79. The number of halogens is 3. The SMILES string of the molecule is Cc1ccc(C(=O)N[C@@H]2C[C@H]3CO[C@@H](c4ccc(Cl)cc4)CN3C2)n1C(F)F. The summed E-state index contributed by atoms with van der Waals surface area (Å²) in [5.41, 5.74) is 1.43. The van der Waals surface area contributed by atoms with E-state index >= 15 is 0 Å². The molecular formula is C20H22ClF2N3O2. The number of hydrogen-bond acceptors (Lipinski definition) is 3. The van der Waals surface area contributed by atoms with Crippen molar-refractivity contribution in [1.29, 1.82) is 0 Å². The van der Waals surface area contributed by atoms with Crippen LogP contribution in [0.25, 0.3) is 0 Å². The highest BCUT2D eigenvalue weighted by atomic mass is 35.5. The van der Waals surface area contributed by atoms with Crippen molar-refractivity contribution in [3.63, 3.8) is 0 Å². The summed E-state index contributed by atoms with van der Waals surface area (Å²) in [4.78, 5) is 14.8. The van der Waals surface area contributed by atoms with Crippen LogP contribution in [0.1, 0.15) is 40.8 Å². The number of carbonyl (C=O) groups excluding carboxylic acids is 1. The molecule has 2 aliphatic heterocycles. The minimum Gasteiger partial charge on any atom is -0.371 e. The van der Waals surface area contributed by atoms with Gasteiger partial charge < -0.3 is 10.1 Å². The molecule has 1 aromatic carbocycles. The molecule has 0 unspecified atom stereocenters. The Morgan fingerprint density at radius 2 is 1.96 bits per heavy atom. The zero-order valence-electron chi connectivity index (χ0n) is 15.4. The summed E-state index contributed by atoms with van der Waals surface area (Å²) in [5, 5.41) is 3.60. The smallest absolute Gasteiger partial charge is 0.319 e. The van der Waals surface area contributed by atoms with Crippen LogP contribution in [0.4, 0.5) is 8.78 Å². The molecule has 1 aromatic heterocycles. The number of alkyl halides is 2. The first-order valence-electron chi connectivity index (χ1n) is 9.30. The Hall–Kier alpha value is -1.96. The molecule has 1 amide bonds. The third-order valence-corrected chi connectivity index (χ3v) is 5.80. The van der Waals surface area contributed by atoms with E-state index in [9.17, 15) is 13.6 Å². The first-order valence-corrected chi connectivity index (χ1v) is 9.68. The van der Waals surface area contributed by atoms with E-state index in [1.807, 2.05) is 24.3 Å². The van der Waals surface area contributed by atoms with E-state index < -0.39 is 12.5 Å². The number of nitrogens with one attached hydrogen (secondary N) is 1. The lowest BCUT2D eigenvalue weighted by Crippen LogP contribution is -2.43. The Morgan fingerprint density at radius 1 is 1.21 bits per heavy atom. The normalized spacial score (nSPS) is 25.1. The molecule has 2 aliphatic rings. The van der Waals surface area contributed by atoms with Gasteiger partial charge in [0, 0.05) is 35.9 Å². The Kier molecular flexibility index (Phi) is 5.40. The molecule has 5 nitrogen and oxygen atoms in total. The molecule has 0 spiro atoms. The second-order valence-electron chi connectivity index (χ2n) is 7.39. The molecule has 28 heavy (non-hydrogen) atoms.